The number of nitrogens with zero attached hydrogens (tertiary/aromatic N) is 7. The van der Waals surface area contributed by atoms with E-state index in [2.05, 4.69) is 52.6 Å². The maximum atomic E-state index is 12.8. The second-order valence-corrected chi connectivity index (χ2v) is 7.62. The molecule has 3 rings (SSSR count). The molecule has 148 valence electrons. The summed E-state index contributed by atoms with van der Waals surface area (Å²) in [6.07, 6.45) is 3.40. The number of amides is 1. The third-order valence-electron chi connectivity index (χ3n) is 5.73. The van der Waals surface area contributed by atoms with Gasteiger partial charge < -0.3 is 9.80 Å². The number of anilines is 1. The van der Waals surface area contributed by atoms with Crippen LogP contribution >= 0.6 is 0 Å². The molecule has 0 radical (unpaired) electrons. The van der Waals surface area contributed by atoms with Crippen molar-refractivity contribution in [2.45, 2.75) is 33.7 Å². The molecular weight excluding hydrogens is 342 g/mol. The molecule has 1 aliphatic rings. The Morgan fingerprint density at radius 2 is 1.89 bits per heavy atom. The summed E-state index contributed by atoms with van der Waals surface area (Å²) in [5, 5.41) is 5.25. The van der Waals surface area contributed by atoms with Crippen molar-refractivity contribution < 1.29 is 4.79 Å². The fourth-order valence-electron chi connectivity index (χ4n) is 3.61. The zero-order chi connectivity index (χ0) is 19.6. The first-order valence-corrected chi connectivity index (χ1v) is 9.81. The lowest BCUT2D eigenvalue weighted by Crippen LogP contribution is -2.52. The van der Waals surface area contributed by atoms with Gasteiger partial charge in [0.2, 0.25) is 5.91 Å². The molecule has 0 N–H and O–H groups in total. The minimum atomic E-state index is 0.221. The van der Waals surface area contributed by atoms with Gasteiger partial charge in [0.25, 0.3) is 0 Å². The summed E-state index contributed by atoms with van der Waals surface area (Å²) in [6.45, 7) is 13.1. The van der Waals surface area contributed by atoms with E-state index in [0.717, 1.165) is 49.6 Å². The van der Waals surface area contributed by atoms with E-state index in [1.165, 1.54) is 0 Å². The van der Waals surface area contributed by atoms with Crippen LogP contribution in [0.15, 0.2) is 12.5 Å². The number of piperazine rings is 1. The predicted octanol–water partition coefficient (Wildman–Crippen LogP) is 1.38. The minimum Gasteiger partial charge on any atom is -0.352 e. The fourth-order valence-corrected chi connectivity index (χ4v) is 3.61. The number of likely N-dealkylation sites (N-methyl/N-ethyl adjacent to an activating group) is 1. The Hall–Kier alpha value is -2.22. The standard InChI is InChI=1S/C19H31N7O/c1-6-24(15(4)14(2)3)12-17(27)25-7-9-26(10-8-25)19-16-11-22-23(5)18(16)20-13-21-19/h11,13-15H,6-10,12H2,1-5H3. The summed E-state index contributed by atoms with van der Waals surface area (Å²) in [5.74, 6) is 1.66. The second kappa shape index (κ2) is 8.21. The summed E-state index contributed by atoms with van der Waals surface area (Å²) in [6, 6.07) is 0.403. The molecule has 1 unspecified atom stereocenters. The monoisotopic (exact) mass is 373 g/mol. The van der Waals surface area contributed by atoms with Crippen LogP contribution in [0.1, 0.15) is 27.7 Å². The Bertz CT molecular complexity index is 779. The van der Waals surface area contributed by atoms with Gasteiger partial charge in [-0.3, -0.25) is 14.4 Å². The van der Waals surface area contributed by atoms with Crippen molar-refractivity contribution in [1.82, 2.24) is 29.5 Å². The summed E-state index contributed by atoms with van der Waals surface area (Å²) >= 11 is 0. The van der Waals surface area contributed by atoms with Crippen LogP contribution in [-0.4, -0.2) is 80.8 Å². The average molecular weight is 374 g/mol. The van der Waals surface area contributed by atoms with Crippen molar-refractivity contribution in [2.75, 3.05) is 44.2 Å². The van der Waals surface area contributed by atoms with Gasteiger partial charge in [0.05, 0.1) is 18.1 Å². The molecule has 2 aromatic heterocycles. The number of carbonyl (C=O) groups is 1. The Balaban J connectivity index is 1.62. The number of hydrogen-bond donors (Lipinski definition) is 0. The molecule has 8 heteroatoms. The maximum Gasteiger partial charge on any atom is 0.236 e. The number of aryl methyl sites for hydroxylation is 1. The van der Waals surface area contributed by atoms with Gasteiger partial charge in [-0.15, -0.1) is 0 Å². The van der Waals surface area contributed by atoms with E-state index in [4.69, 9.17) is 0 Å². The van der Waals surface area contributed by atoms with Gasteiger partial charge in [0.15, 0.2) is 5.65 Å². The van der Waals surface area contributed by atoms with Crippen LogP contribution < -0.4 is 4.90 Å². The molecule has 0 aliphatic carbocycles. The smallest absolute Gasteiger partial charge is 0.236 e. The molecule has 2 aromatic rings. The first kappa shape index (κ1) is 19.5. The minimum absolute atomic E-state index is 0.221. The van der Waals surface area contributed by atoms with Gasteiger partial charge in [0, 0.05) is 39.3 Å². The van der Waals surface area contributed by atoms with Crippen molar-refractivity contribution in [1.29, 1.82) is 0 Å². The van der Waals surface area contributed by atoms with E-state index in [0.29, 0.717) is 18.5 Å². The first-order valence-electron chi connectivity index (χ1n) is 9.81. The quantitative estimate of drug-likeness (QED) is 0.762. The van der Waals surface area contributed by atoms with Crippen molar-refractivity contribution in [2.24, 2.45) is 13.0 Å². The highest BCUT2D eigenvalue weighted by Gasteiger charge is 2.26. The zero-order valence-corrected chi connectivity index (χ0v) is 17.1. The van der Waals surface area contributed by atoms with Crippen LogP contribution in [0, 0.1) is 5.92 Å². The van der Waals surface area contributed by atoms with E-state index >= 15 is 0 Å². The van der Waals surface area contributed by atoms with Crippen molar-refractivity contribution >= 4 is 22.8 Å². The molecule has 1 aliphatic heterocycles. The van der Waals surface area contributed by atoms with Gasteiger partial charge in [-0.2, -0.15) is 5.10 Å². The molecule has 1 amide bonds. The Labute approximate surface area is 161 Å². The van der Waals surface area contributed by atoms with Gasteiger partial charge in [-0.25, -0.2) is 9.97 Å². The highest BCUT2D eigenvalue weighted by Crippen LogP contribution is 2.23. The van der Waals surface area contributed by atoms with Crippen molar-refractivity contribution in [3.63, 3.8) is 0 Å². The average Bonchev–Trinajstić information content (AvgIpc) is 3.06. The first-order chi connectivity index (χ1) is 12.9. The van der Waals surface area contributed by atoms with Crippen LogP contribution in [0.25, 0.3) is 11.0 Å². The van der Waals surface area contributed by atoms with Crippen molar-refractivity contribution in [3.8, 4) is 0 Å². The number of rotatable bonds is 6. The third-order valence-corrected chi connectivity index (χ3v) is 5.73. The molecule has 1 atom stereocenters. The molecule has 1 saturated heterocycles. The third kappa shape index (κ3) is 4.05. The molecular formula is C19H31N7O. The number of aromatic nitrogens is 4. The molecule has 0 aromatic carbocycles. The van der Waals surface area contributed by atoms with Gasteiger partial charge in [-0.1, -0.05) is 20.8 Å². The Kier molecular flexibility index (Phi) is 5.94. The zero-order valence-electron chi connectivity index (χ0n) is 17.1. The SMILES string of the molecule is CCN(CC(=O)N1CCN(c2ncnc3c2cnn3C)CC1)C(C)C(C)C. The predicted molar refractivity (Wildman–Crippen MR) is 107 cm³/mol. The molecule has 0 bridgehead atoms. The Morgan fingerprint density at radius 3 is 2.52 bits per heavy atom. The summed E-state index contributed by atoms with van der Waals surface area (Å²) in [5.41, 5.74) is 0.833. The molecule has 3 heterocycles. The lowest BCUT2D eigenvalue weighted by molar-refractivity contribution is -0.133. The maximum absolute atomic E-state index is 12.8. The van der Waals surface area contributed by atoms with E-state index in [1.54, 1.807) is 11.0 Å². The van der Waals surface area contributed by atoms with Crippen LogP contribution in [0.3, 0.4) is 0 Å². The van der Waals surface area contributed by atoms with Gasteiger partial charge in [0.1, 0.15) is 12.1 Å². The molecule has 0 spiro atoms. The largest absolute Gasteiger partial charge is 0.352 e. The summed E-state index contributed by atoms with van der Waals surface area (Å²) in [4.78, 5) is 28.0. The lowest BCUT2D eigenvalue weighted by Gasteiger charge is -2.37. The van der Waals surface area contributed by atoms with Crippen LogP contribution in [0.5, 0.6) is 0 Å². The lowest BCUT2D eigenvalue weighted by atomic mass is 10.0. The topological polar surface area (TPSA) is 70.4 Å². The van der Waals surface area contributed by atoms with E-state index in [9.17, 15) is 4.79 Å². The number of hydrogen-bond acceptors (Lipinski definition) is 6. The molecule has 8 nitrogen and oxygen atoms in total. The van der Waals surface area contributed by atoms with Gasteiger partial charge in [-0.05, 0) is 19.4 Å². The molecule has 1 fully saturated rings. The van der Waals surface area contributed by atoms with Gasteiger partial charge >= 0.3 is 0 Å². The highest BCUT2D eigenvalue weighted by atomic mass is 16.2. The van der Waals surface area contributed by atoms with Crippen LogP contribution in [0.4, 0.5) is 5.82 Å². The summed E-state index contributed by atoms with van der Waals surface area (Å²) < 4.78 is 1.76. The van der Waals surface area contributed by atoms with E-state index < -0.39 is 0 Å². The summed E-state index contributed by atoms with van der Waals surface area (Å²) in [7, 11) is 1.88. The fraction of sp³-hybridized carbons (Fsp3) is 0.684. The number of carbonyl (C=O) groups excluding carboxylic acids is 1. The molecule has 0 saturated carbocycles. The normalized spacial score (nSPS) is 16.6. The molecule has 27 heavy (non-hydrogen) atoms. The van der Waals surface area contributed by atoms with Crippen LogP contribution in [0.2, 0.25) is 0 Å². The second-order valence-electron chi connectivity index (χ2n) is 7.62. The van der Waals surface area contributed by atoms with Crippen molar-refractivity contribution in [3.05, 3.63) is 12.5 Å². The Morgan fingerprint density at radius 1 is 1.19 bits per heavy atom. The van der Waals surface area contributed by atoms with E-state index in [-0.39, 0.29) is 5.91 Å². The highest BCUT2D eigenvalue weighted by molar-refractivity contribution is 5.86. The number of fused-ring (bicyclic) bond motifs is 1. The van der Waals surface area contributed by atoms with Crippen LogP contribution in [-0.2, 0) is 11.8 Å². The van der Waals surface area contributed by atoms with E-state index in [1.807, 2.05) is 18.1 Å².